The third-order valence-electron chi connectivity index (χ3n) is 1.89. The topological polar surface area (TPSA) is 69.6 Å². The molecule has 0 saturated carbocycles. The van der Waals surface area contributed by atoms with Gasteiger partial charge in [0.15, 0.2) is 0 Å². The minimum atomic E-state index is -0.869. The fraction of sp³-hybridized carbons (Fsp3) is 0.429. The minimum absolute atomic E-state index is 0. The van der Waals surface area contributed by atoms with E-state index in [2.05, 4.69) is 19.2 Å². The first-order valence-corrected chi connectivity index (χ1v) is 6.19. The molecule has 0 radical (unpaired) electrons. The fourth-order valence-electron chi connectivity index (χ4n) is 1.20. The van der Waals surface area contributed by atoms with E-state index in [1.54, 1.807) is 19.1 Å². The van der Waals surface area contributed by atoms with Gasteiger partial charge in [-0.25, -0.2) is 0 Å². The molecule has 2 amide bonds. The Kier molecular flexibility index (Phi) is 20.2. The number of nitrogens with zero attached hydrogens (tertiary/aromatic N) is 1. The SMILES string of the molecule is CC.[CH2-]CN(CC([CH2-])O)C(=O)C(/C=C\C)=C/NC=O.[U+2]. The van der Waals surface area contributed by atoms with Gasteiger partial charge in [-0.1, -0.05) is 32.1 Å². The number of aliphatic hydroxyl groups excluding tert-OH is 1. The van der Waals surface area contributed by atoms with Gasteiger partial charge in [0.1, 0.15) is 0 Å². The first kappa shape index (κ1) is 24.5. The number of rotatable bonds is 7. The van der Waals surface area contributed by atoms with Crippen LogP contribution >= 0.6 is 0 Å². The van der Waals surface area contributed by atoms with Crippen molar-refractivity contribution in [2.45, 2.75) is 26.9 Å². The van der Waals surface area contributed by atoms with Crippen LogP contribution in [-0.2, 0) is 9.59 Å². The molecule has 0 aromatic carbocycles. The number of carbonyl (C=O) groups excluding carboxylic acids is 2. The number of aliphatic hydroxyl groups is 1. The number of allylic oxidation sites excluding steroid dienone is 1. The molecule has 0 spiro atoms. The van der Waals surface area contributed by atoms with E-state index in [-0.39, 0.29) is 50.1 Å². The summed E-state index contributed by atoms with van der Waals surface area (Å²) in [5, 5.41) is 11.5. The van der Waals surface area contributed by atoms with Crippen molar-refractivity contribution in [1.82, 2.24) is 10.2 Å². The number of hydrogen-bond donors (Lipinski definition) is 2. The molecule has 20 heavy (non-hydrogen) atoms. The van der Waals surface area contributed by atoms with Gasteiger partial charge in [-0.15, -0.1) is 6.54 Å². The summed E-state index contributed by atoms with van der Waals surface area (Å²) >= 11 is 0. The molecule has 1 unspecified atom stereocenters. The van der Waals surface area contributed by atoms with Crippen molar-refractivity contribution in [2.75, 3.05) is 13.1 Å². The molecule has 0 aliphatic carbocycles. The van der Waals surface area contributed by atoms with Crippen LogP contribution in [-0.4, -0.2) is 41.5 Å². The maximum Gasteiger partial charge on any atom is 2.00 e. The first-order chi connectivity index (χ1) is 9.06. The van der Waals surface area contributed by atoms with Gasteiger partial charge in [-0.2, -0.15) is 0 Å². The van der Waals surface area contributed by atoms with Crippen molar-refractivity contribution in [3.63, 3.8) is 0 Å². The van der Waals surface area contributed by atoms with Crippen LogP contribution in [0.4, 0.5) is 0 Å². The largest absolute Gasteiger partial charge is 2.00 e. The number of carbonyl (C=O) groups is 2. The quantitative estimate of drug-likeness (QED) is 0.235. The summed E-state index contributed by atoms with van der Waals surface area (Å²) in [4.78, 5) is 23.5. The summed E-state index contributed by atoms with van der Waals surface area (Å²) in [6, 6.07) is 0. The van der Waals surface area contributed by atoms with E-state index in [4.69, 9.17) is 5.11 Å². The molecule has 5 nitrogen and oxygen atoms in total. The van der Waals surface area contributed by atoms with Crippen molar-refractivity contribution in [1.29, 1.82) is 0 Å². The van der Waals surface area contributed by atoms with Gasteiger partial charge in [-0.3, -0.25) is 9.59 Å². The minimum Gasteiger partial charge on any atom is -0.424 e. The zero-order valence-electron chi connectivity index (χ0n) is 12.4. The molecule has 0 fully saturated rings. The predicted molar refractivity (Wildman–Crippen MR) is 76.7 cm³/mol. The van der Waals surface area contributed by atoms with Crippen molar-refractivity contribution >= 4 is 12.3 Å². The Morgan fingerprint density at radius 1 is 1.45 bits per heavy atom. The predicted octanol–water partition coefficient (Wildman–Crippen LogP) is 1.08. The van der Waals surface area contributed by atoms with Gasteiger partial charge in [0, 0.05) is 12.7 Å². The molecule has 0 rings (SSSR count). The maximum atomic E-state index is 12.0. The first-order valence-electron chi connectivity index (χ1n) is 6.19. The fourth-order valence-corrected chi connectivity index (χ4v) is 1.20. The van der Waals surface area contributed by atoms with E-state index in [0.717, 1.165) is 0 Å². The average Bonchev–Trinajstić information content (AvgIpc) is 2.42. The number of hydrogen-bond acceptors (Lipinski definition) is 3. The average molecular weight is 506 g/mol. The summed E-state index contributed by atoms with van der Waals surface area (Å²) in [5.74, 6) is -0.324. The summed E-state index contributed by atoms with van der Waals surface area (Å²) in [6.07, 6.45) is 4.15. The second-order valence-corrected chi connectivity index (χ2v) is 3.29. The Balaban J connectivity index is -0.000000916. The van der Waals surface area contributed by atoms with Crippen LogP contribution in [0.5, 0.6) is 0 Å². The summed E-state index contributed by atoms with van der Waals surface area (Å²) < 4.78 is 0. The van der Waals surface area contributed by atoms with E-state index in [1.165, 1.54) is 11.1 Å². The maximum absolute atomic E-state index is 12.0. The van der Waals surface area contributed by atoms with Crippen molar-refractivity contribution in [3.05, 3.63) is 37.8 Å². The number of nitrogens with one attached hydrogen (secondary N) is 1. The van der Waals surface area contributed by atoms with Crippen molar-refractivity contribution in [2.24, 2.45) is 0 Å². The van der Waals surface area contributed by atoms with Gasteiger partial charge < -0.3 is 29.2 Å². The van der Waals surface area contributed by atoms with Crippen LogP contribution < -0.4 is 5.32 Å². The molecule has 1 atom stereocenters. The molecule has 0 aliphatic heterocycles. The molecule has 2 N–H and O–H groups in total. The van der Waals surface area contributed by atoms with Gasteiger partial charge >= 0.3 is 31.1 Å². The Hall–Kier alpha value is -0.568. The van der Waals surface area contributed by atoms with E-state index in [0.29, 0.717) is 12.0 Å². The molecule has 0 bridgehead atoms. The smallest absolute Gasteiger partial charge is 0.424 e. The second-order valence-electron chi connectivity index (χ2n) is 3.29. The van der Waals surface area contributed by atoms with Gasteiger partial charge in [-0.05, 0) is 6.92 Å². The molecule has 0 heterocycles. The van der Waals surface area contributed by atoms with Crippen molar-refractivity contribution in [3.8, 4) is 0 Å². The third kappa shape index (κ3) is 11.3. The molecule has 6 heteroatoms. The Morgan fingerprint density at radius 3 is 2.35 bits per heavy atom. The normalized spacial score (nSPS) is 11.8. The third-order valence-corrected chi connectivity index (χ3v) is 1.89. The Labute approximate surface area is 145 Å². The van der Waals surface area contributed by atoms with Gasteiger partial charge in [0.05, 0.1) is 5.57 Å². The van der Waals surface area contributed by atoms with Crippen molar-refractivity contribution < 1.29 is 45.8 Å². The zero-order chi connectivity index (χ0) is 15.3. The molecule has 0 saturated heterocycles. The Bertz CT molecular complexity index is 316. The van der Waals surface area contributed by atoms with Crippen LogP contribution in [0, 0.1) is 45.0 Å². The van der Waals surface area contributed by atoms with E-state index in [1.807, 2.05) is 13.8 Å². The monoisotopic (exact) mass is 506 g/mol. The molecule has 0 aromatic heterocycles. The van der Waals surface area contributed by atoms with Gasteiger partial charge in [0.2, 0.25) is 6.41 Å². The molecule has 0 aliphatic rings. The molecular formula is C14H24N2O3U. The van der Waals surface area contributed by atoms with Crippen LogP contribution in [0.1, 0.15) is 20.8 Å². The van der Waals surface area contributed by atoms with Crippen LogP contribution in [0.2, 0.25) is 0 Å². The Morgan fingerprint density at radius 2 is 2.00 bits per heavy atom. The van der Waals surface area contributed by atoms with E-state index >= 15 is 0 Å². The summed E-state index contributed by atoms with van der Waals surface area (Å²) in [6.45, 7) is 13.1. The molecule has 112 valence electrons. The van der Waals surface area contributed by atoms with Crippen LogP contribution in [0.25, 0.3) is 0 Å². The molecule has 0 aromatic rings. The number of amides is 2. The van der Waals surface area contributed by atoms with E-state index < -0.39 is 6.10 Å². The zero-order valence-corrected chi connectivity index (χ0v) is 16.6. The second kappa shape index (κ2) is 16.5. The van der Waals surface area contributed by atoms with Crippen LogP contribution in [0.15, 0.2) is 23.9 Å². The standard InChI is InChI=1S/C12H18N2O3.C2H6.U/c1-4-6-11(7-13-9-15)12(17)14(5-2)8-10(3)16;1-2;/h4,6-7,9-10,16H,2-3,5,8H2,1H3,(H,13,15);1-2H3;/q-2;;+2/b6-4-,11-7+;;. The summed E-state index contributed by atoms with van der Waals surface area (Å²) in [5.41, 5.74) is 0.309. The van der Waals surface area contributed by atoms with E-state index in [9.17, 15) is 9.59 Å². The molecular weight excluding hydrogens is 482 g/mol. The summed E-state index contributed by atoms with van der Waals surface area (Å²) in [7, 11) is 0. The van der Waals surface area contributed by atoms with Crippen LogP contribution in [0.3, 0.4) is 0 Å². The van der Waals surface area contributed by atoms with Gasteiger partial charge in [0.25, 0.3) is 5.91 Å².